The van der Waals surface area contributed by atoms with Crippen LogP contribution < -0.4 is 15.4 Å². The van der Waals surface area contributed by atoms with Crippen LogP contribution in [0.2, 0.25) is 0 Å². The van der Waals surface area contributed by atoms with E-state index in [4.69, 9.17) is 10.00 Å². The van der Waals surface area contributed by atoms with Crippen LogP contribution >= 0.6 is 0 Å². The highest BCUT2D eigenvalue weighted by atomic mass is 16.5. The van der Waals surface area contributed by atoms with E-state index in [1.165, 1.54) is 5.56 Å². The maximum absolute atomic E-state index is 12.0. The van der Waals surface area contributed by atoms with Gasteiger partial charge in [0.05, 0.1) is 12.7 Å². The molecule has 0 aliphatic carbocycles. The Labute approximate surface area is 152 Å². The Kier molecular flexibility index (Phi) is 7.19. The van der Waals surface area contributed by atoms with E-state index < -0.39 is 0 Å². The molecule has 0 atom stereocenters. The van der Waals surface area contributed by atoms with Crippen molar-refractivity contribution in [3.8, 4) is 11.8 Å². The molecule has 0 saturated heterocycles. The Balaban J connectivity index is 1.74. The lowest BCUT2D eigenvalue weighted by Crippen LogP contribution is -2.14. The van der Waals surface area contributed by atoms with Crippen LogP contribution in [0.5, 0.6) is 5.75 Å². The quantitative estimate of drug-likeness (QED) is 0.710. The molecule has 0 spiro atoms. The first kappa shape index (κ1) is 19.0. The van der Waals surface area contributed by atoms with Gasteiger partial charge in [-0.05, 0) is 43.7 Å². The number of anilines is 2. The summed E-state index contributed by atoms with van der Waals surface area (Å²) in [7, 11) is 0. The zero-order valence-corrected chi connectivity index (χ0v) is 14.6. The highest BCUT2D eigenvalue weighted by Gasteiger charge is 2.05. The fourth-order valence-corrected chi connectivity index (χ4v) is 2.23. The van der Waals surface area contributed by atoms with Crippen molar-refractivity contribution >= 4 is 23.2 Å². The number of hydrogen-bond donors (Lipinski definition) is 2. The largest absolute Gasteiger partial charge is 0.494 e. The second-order valence-electron chi connectivity index (χ2n) is 5.78. The number of amides is 2. The molecule has 2 rings (SSSR count). The lowest BCUT2D eigenvalue weighted by molar-refractivity contribution is -0.116. The molecule has 6 heteroatoms. The van der Waals surface area contributed by atoms with Gasteiger partial charge in [0.15, 0.2) is 0 Å². The summed E-state index contributed by atoms with van der Waals surface area (Å²) in [6.07, 6.45) is 0.715. The molecular formula is C20H21N3O3. The van der Waals surface area contributed by atoms with E-state index in [1.54, 1.807) is 30.3 Å². The predicted octanol–water partition coefficient (Wildman–Crippen LogP) is 3.64. The molecule has 2 N–H and O–H groups in total. The summed E-state index contributed by atoms with van der Waals surface area (Å²) < 4.78 is 5.59. The number of hydrogen-bond acceptors (Lipinski definition) is 4. The van der Waals surface area contributed by atoms with E-state index in [1.807, 2.05) is 31.2 Å². The van der Waals surface area contributed by atoms with Gasteiger partial charge in [0.2, 0.25) is 11.8 Å². The second-order valence-corrected chi connectivity index (χ2v) is 5.78. The Morgan fingerprint density at radius 1 is 1.04 bits per heavy atom. The number of ether oxygens (including phenoxy) is 1. The highest BCUT2D eigenvalue weighted by Crippen LogP contribution is 2.16. The zero-order valence-electron chi connectivity index (χ0n) is 14.6. The van der Waals surface area contributed by atoms with Gasteiger partial charge < -0.3 is 15.4 Å². The summed E-state index contributed by atoms with van der Waals surface area (Å²) in [4.78, 5) is 23.4. The number of rotatable bonds is 8. The van der Waals surface area contributed by atoms with Gasteiger partial charge >= 0.3 is 0 Å². The molecule has 26 heavy (non-hydrogen) atoms. The van der Waals surface area contributed by atoms with Gasteiger partial charge in [-0.3, -0.25) is 9.59 Å². The predicted molar refractivity (Wildman–Crippen MR) is 99.8 cm³/mol. The van der Waals surface area contributed by atoms with Crippen molar-refractivity contribution in [2.24, 2.45) is 0 Å². The summed E-state index contributed by atoms with van der Waals surface area (Å²) >= 11 is 0. The normalized spacial score (nSPS) is 9.85. The van der Waals surface area contributed by atoms with E-state index in [0.717, 1.165) is 5.75 Å². The smallest absolute Gasteiger partial charge is 0.238 e. The summed E-state index contributed by atoms with van der Waals surface area (Å²) in [5.74, 6) is 0.277. The lowest BCUT2D eigenvalue weighted by Gasteiger charge is -2.09. The Morgan fingerprint density at radius 3 is 2.35 bits per heavy atom. The van der Waals surface area contributed by atoms with E-state index in [2.05, 4.69) is 10.6 Å². The molecule has 0 aliphatic rings. The average Bonchev–Trinajstić information content (AvgIpc) is 2.61. The molecule has 0 radical (unpaired) electrons. The van der Waals surface area contributed by atoms with Crippen molar-refractivity contribution in [2.75, 3.05) is 17.2 Å². The van der Waals surface area contributed by atoms with Gasteiger partial charge in [0, 0.05) is 17.8 Å². The molecule has 6 nitrogen and oxygen atoms in total. The average molecular weight is 351 g/mol. The van der Waals surface area contributed by atoms with Crippen molar-refractivity contribution in [1.29, 1.82) is 5.26 Å². The monoisotopic (exact) mass is 351 g/mol. The van der Waals surface area contributed by atoms with Crippen LogP contribution in [0.4, 0.5) is 11.4 Å². The topological polar surface area (TPSA) is 91.2 Å². The Bertz CT molecular complexity index is 795. The fourth-order valence-electron chi connectivity index (χ4n) is 2.23. The number of carbonyl (C=O) groups excluding carboxylic acids is 2. The maximum atomic E-state index is 12.0. The van der Waals surface area contributed by atoms with Crippen molar-refractivity contribution in [3.63, 3.8) is 0 Å². The van der Waals surface area contributed by atoms with Gasteiger partial charge in [-0.2, -0.15) is 5.26 Å². The number of nitrogens with zero attached hydrogens (tertiary/aromatic N) is 1. The summed E-state index contributed by atoms with van der Waals surface area (Å²) in [6, 6.07) is 16.3. The van der Waals surface area contributed by atoms with E-state index >= 15 is 0 Å². The molecule has 2 aromatic rings. The van der Waals surface area contributed by atoms with Gasteiger partial charge in [-0.15, -0.1) is 0 Å². The molecule has 0 aromatic heterocycles. The second kappa shape index (κ2) is 9.84. The van der Waals surface area contributed by atoms with Crippen LogP contribution in [0.3, 0.4) is 0 Å². The maximum Gasteiger partial charge on any atom is 0.238 e. The fraction of sp³-hybridized carbons (Fsp3) is 0.250. The molecule has 0 heterocycles. The number of carbonyl (C=O) groups is 2. The Morgan fingerprint density at radius 2 is 1.69 bits per heavy atom. The highest BCUT2D eigenvalue weighted by molar-refractivity contribution is 5.94. The van der Waals surface area contributed by atoms with E-state index in [0.29, 0.717) is 30.8 Å². The lowest BCUT2D eigenvalue weighted by atomic mass is 10.2. The van der Waals surface area contributed by atoms with Crippen LogP contribution in [0.25, 0.3) is 0 Å². The van der Waals surface area contributed by atoms with Crippen molar-refractivity contribution < 1.29 is 14.3 Å². The minimum absolute atomic E-state index is 0.127. The minimum atomic E-state index is -0.385. The molecule has 0 fully saturated rings. The van der Waals surface area contributed by atoms with Gasteiger partial charge in [-0.1, -0.05) is 23.8 Å². The SMILES string of the molecule is Cc1ccc(OCCCC(=O)Nc2cccc(NC(=O)CC#N)c2)cc1. The number of nitrogens with one attached hydrogen (secondary N) is 2. The van der Waals surface area contributed by atoms with Crippen molar-refractivity contribution in [2.45, 2.75) is 26.2 Å². The first-order valence-electron chi connectivity index (χ1n) is 8.33. The summed E-state index contributed by atoms with van der Waals surface area (Å²) in [6.45, 7) is 2.47. The molecular weight excluding hydrogens is 330 g/mol. The van der Waals surface area contributed by atoms with Gasteiger partial charge in [0.1, 0.15) is 12.2 Å². The molecule has 134 valence electrons. The molecule has 0 saturated carbocycles. The van der Waals surface area contributed by atoms with Gasteiger partial charge in [0.25, 0.3) is 0 Å². The van der Waals surface area contributed by atoms with Crippen LogP contribution in [-0.4, -0.2) is 18.4 Å². The first-order chi connectivity index (χ1) is 12.6. The number of benzene rings is 2. The standard InChI is InChI=1S/C20H21N3O3/c1-15-7-9-18(10-8-15)26-13-3-6-19(24)22-16-4-2-5-17(14-16)23-20(25)11-12-21/h2,4-5,7-10,14H,3,6,11,13H2,1H3,(H,22,24)(H,23,25). The van der Waals surface area contributed by atoms with E-state index in [9.17, 15) is 9.59 Å². The first-order valence-corrected chi connectivity index (χ1v) is 8.33. The third-order valence-electron chi connectivity index (χ3n) is 3.51. The molecule has 0 unspecified atom stereocenters. The van der Waals surface area contributed by atoms with Crippen molar-refractivity contribution in [1.82, 2.24) is 0 Å². The van der Waals surface area contributed by atoms with Crippen molar-refractivity contribution in [3.05, 3.63) is 54.1 Å². The summed E-state index contributed by atoms with van der Waals surface area (Å²) in [5, 5.41) is 13.9. The molecule has 2 aromatic carbocycles. The third-order valence-corrected chi connectivity index (χ3v) is 3.51. The third kappa shape index (κ3) is 6.65. The van der Waals surface area contributed by atoms with Crippen LogP contribution in [0.1, 0.15) is 24.8 Å². The molecule has 0 aliphatic heterocycles. The van der Waals surface area contributed by atoms with Crippen LogP contribution in [-0.2, 0) is 9.59 Å². The number of nitriles is 1. The Hall–Kier alpha value is -3.33. The van der Waals surface area contributed by atoms with Gasteiger partial charge in [-0.25, -0.2) is 0 Å². The minimum Gasteiger partial charge on any atom is -0.494 e. The van der Waals surface area contributed by atoms with Crippen LogP contribution in [0.15, 0.2) is 48.5 Å². The zero-order chi connectivity index (χ0) is 18.8. The molecule has 2 amide bonds. The van der Waals surface area contributed by atoms with Crippen LogP contribution in [0, 0.1) is 18.3 Å². The number of aryl methyl sites for hydroxylation is 1. The molecule has 0 bridgehead atoms. The summed E-state index contributed by atoms with van der Waals surface area (Å²) in [5.41, 5.74) is 2.29. The van der Waals surface area contributed by atoms with E-state index in [-0.39, 0.29) is 18.2 Å².